The second-order valence-electron chi connectivity index (χ2n) is 4.58. The number of carbonyl (C=O) groups is 1. The molecule has 0 aliphatic carbocycles. The summed E-state index contributed by atoms with van der Waals surface area (Å²) in [6.07, 6.45) is 0.875. The Labute approximate surface area is 123 Å². The van der Waals surface area contributed by atoms with E-state index in [2.05, 4.69) is 32.0 Å². The minimum absolute atomic E-state index is 0.661. The van der Waals surface area contributed by atoms with Crippen molar-refractivity contribution < 1.29 is 4.79 Å². The summed E-state index contributed by atoms with van der Waals surface area (Å²) in [5.74, 6) is 0.837. The molecular formula is C16H15ClOS. The lowest BCUT2D eigenvalue weighted by atomic mass is 10.1. The molecule has 2 aromatic carbocycles. The van der Waals surface area contributed by atoms with E-state index >= 15 is 0 Å². The molecule has 0 fully saturated rings. The topological polar surface area (TPSA) is 17.1 Å². The third-order valence-corrected chi connectivity index (χ3v) is 4.16. The maximum absolute atomic E-state index is 11.0. The number of halogens is 1. The van der Waals surface area contributed by atoms with E-state index < -0.39 is 0 Å². The molecule has 0 aliphatic heterocycles. The fourth-order valence-corrected chi connectivity index (χ4v) is 3.26. The first-order valence-corrected chi connectivity index (χ1v) is 7.39. The van der Waals surface area contributed by atoms with Crippen molar-refractivity contribution >= 4 is 29.6 Å². The third kappa shape index (κ3) is 3.85. The van der Waals surface area contributed by atoms with E-state index in [4.69, 9.17) is 11.6 Å². The molecule has 0 unspecified atom stereocenters. The van der Waals surface area contributed by atoms with Crippen molar-refractivity contribution in [2.75, 3.05) is 0 Å². The van der Waals surface area contributed by atoms with Crippen LogP contribution in [0.2, 0.25) is 5.02 Å². The second kappa shape index (κ2) is 6.27. The van der Waals surface area contributed by atoms with Crippen LogP contribution in [0.3, 0.4) is 0 Å². The van der Waals surface area contributed by atoms with Crippen LogP contribution in [0.15, 0.2) is 41.3 Å². The van der Waals surface area contributed by atoms with Gasteiger partial charge in [0, 0.05) is 21.2 Å². The molecule has 0 aromatic heterocycles. The average molecular weight is 291 g/mol. The fourth-order valence-electron chi connectivity index (χ4n) is 2.04. The highest BCUT2D eigenvalue weighted by Gasteiger charge is 2.05. The van der Waals surface area contributed by atoms with Gasteiger partial charge >= 0.3 is 0 Å². The molecule has 2 aromatic rings. The zero-order chi connectivity index (χ0) is 13.8. The van der Waals surface area contributed by atoms with Gasteiger partial charge in [0.05, 0.1) is 0 Å². The Bertz CT molecular complexity index is 587. The predicted octanol–water partition coefficient (Wildman–Crippen LogP) is 5.06. The summed E-state index contributed by atoms with van der Waals surface area (Å²) in [4.78, 5) is 11.9. The molecule has 98 valence electrons. The van der Waals surface area contributed by atoms with Crippen molar-refractivity contribution in [1.29, 1.82) is 0 Å². The predicted molar refractivity (Wildman–Crippen MR) is 82.3 cm³/mol. The van der Waals surface area contributed by atoms with E-state index in [0.717, 1.165) is 16.9 Å². The average Bonchev–Trinajstić information content (AvgIpc) is 2.35. The van der Waals surface area contributed by atoms with Gasteiger partial charge in [-0.3, -0.25) is 4.79 Å². The van der Waals surface area contributed by atoms with Gasteiger partial charge in [0.15, 0.2) is 6.29 Å². The van der Waals surface area contributed by atoms with E-state index in [0.29, 0.717) is 10.6 Å². The smallest absolute Gasteiger partial charge is 0.151 e. The Hall–Kier alpha value is -1.25. The third-order valence-electron chi connectivity index (χ3n) is 2.78. The molecule has 0 saturated heterocycles. The van der Waals surface area contributed by atoms with Crippen LogP contribution in [-0.2, 0) is 5.75 Å². The van der Waals surface area contributed by atoms with Crippen LogP contribution in [0.4, 0.5) is 0 Å². The summed E-state index contributed by atoms with van der Waals surface area (Å²) in [6, 6.07) is 11.9. The van der Waals surface area contributed by atoms with Gasteiger partial charge in [-0.05, 0) is 37.6 Å². The van der Waals surface area contributed by atoms with Crippen molar-refractivity contribution in [2.45, 2.75) is 24.5 Å². The minimum Gasteiger partial charge on any atom is -0.298 e. The van der Waals surface area contributed by atoms with Crippen LogP contribution >= 0.6 is 23.4 Å². The minimum atomic E-state index is 0.661. The highest BCUT2D eigenvalue weighted by molar-refractivity contribution is 7.98. The van der Waals surface area contributed by atoms with Crippen LogP contribution in [0, 0.1) is 13.8 Å². The maximum Gasteiger partial charge on any atom is 0.151 e. The highest BCUT2D eigenvalue weighted by atomic mass is 35.5. The summed E-state index contributed by atoms with van der Waals surface area (Å²) in [5, 5.41) is 0.661. The molecule has 0 spiro atoms. The normalized spacial score (nSPS) is 10.5. The van der Waals surface area contributed by atoms with Crippen molar-refractivity contribution in [2.24, 2.45) is 0 Å². The Morgan fingerprint density at radius 1 is 1.11 bits per heavy atom. The molecule has 0 atom stereocenters. The summed E-state index contributed by atoms with van der Waals surface area (Å²) in [7, 11) is 0. The molecule has 1 nitrogen and oxygen atoms in total. The van der Waals surface area contributed by atoms with Gasteiger partial charge in [0.2, 0.25) is 0 Å². The van der Waals surface area contributed by atoms with Crippen molar-refractivity contribution in [3.8, 4) is 0 Å². The quantitative estimate of drug-likeness (QED) is 0.578. The lowest BCUT2D eigenvalue weighted by Gasteiger charge is -2.07. The Morgan fingerprint density at radius 3 is 2.42 bits per heavy atom. The second-order valence-corrected chi connectivity index (χ2v) is 6.04. The van der Waals surface area contributed by atoms with E-state index in [1.54, 1.807) is 23.9 Å². The molecule has 19 heavy (non-hydrogen) atoms. The number of thioether (sulfide) groups is 1. The maximum atomic E-state index is 11.0. The lowest BCUT2D eigenvalue weighted by Crippen LogP contribution is -1.88. The molecule has 0 heterocycles. The van der Waals surface area contributed by atoms with Crippen LogP contribution in [0.25, 0.3) is 0 Å². The van der Waals surface area contributed by atoms with Crippen LogP contribution in [-0.4, -0.2) is 6.29 Å². The summed E-state index contributed by atoms with van der Waals surface area (Å²) < 4.78 is 0. The standard InChI is InChI=1S/C16H15ClOS/c1-11-5-12(2)7-13(6-11)10-19-16-8-15(17)4-3-14(16)9-18/h3-9H,10H2,1-2H3. The molecule has 3 heteroatoms. The largest absolute Gasteiger partial charge is 0.298 e. The Kier molecular flexibility index (Phi) is 4.67. The molecule has 0 aliphatic rings. The number of rotatable bonds is 4. The van der Waals surface area contributed by atoms with Crippen LogP contribution in [0.5, 0.6) is 0 Å². The zero-order valence-electron chi connectivity index (χ0n) is 10.9. The van der Waals surface area contributed by atoms with Gasteiger partial charge in [-0.25, -0.2) is 0 Å². The molecule has 2 rings (SSSR count). The van der Waals surface area contributed by atoms with Gasteiger partial charge in [-0.1, -0.05) is 40.9 Å². The van der Waals surface area contributed by atoms with Crippen LogP contribution in [0.1, 0.15) is 27.0 Å². The number of aryl methyl sites for hydroxylation is 2. The molecular weight excluding hydrogens is 276 g/mol. The SMILES string of the molecule is Cc1cc(C)cc(CSc2cc(Cl)ccc2C=O)c1. The first-order chi connectivity index (χ1) is 9.08. The van der Waals surface area contributed by atoms with Gasteiger partial charge in [-0.15, -0.1) is 11.8 Å². The number of carbonyl (C=O) groups excluding carboxylic acids is 1. The lowest BCUT2D eigenvalue weighted by molar-refractivity contribution is 0.112. The van der Waals surface area contributed by atoms with Gasteiger partial charge < -0.3 is 0 Å². The van der Waals surface area contributed by atoms with Gasteiger partial charge in [0.25, 0.3) is 0 Å². The zero-order valence-corrected chi connectivity index (χ0v) is 12.5. The van der Waals surface area contributed by atoms with E-state index in [9.17, 15) is 4.79 Å². The summed E-state index contributed by atoms with van der Waals surface area (Å²) in [5.41, 5.74) is 4.48. The van der Waals surface area contributed by atoms with E-state index in [1.165, 1.54) is 16.7 Å². The Morgan fingerprint density at radius 2 is 1.79 bits per heavy atom. The molecule has 0 radical (unpaired) electrons. The number of aldehydes is 1. The first kappa shape index (κ1) is 14.2. The molecule has 0 saturated carbocycles. The van der Waals surface area contributed by atoms with Gasteiger partial charge in [-0.2, -0.15) is 0 Å². The summed E-state index contributed by atoms with van der Waals surface area (Å²) in [6.45, 7) is 4.19. The molecule has 0 amide bonds. The molecule has 0 N–H and O–H groups in total. The monoisotopic (exact) mass is 290 g/mol. The number of hydrogen-bond acceptors (Lipinski definition) is 2. The highest BCUT2D eigenvalue weighted by Crippen LogP contribution is 2.28. The van der Waals surface area contributed by atoms with Crippen LogP contribution < -0.4 is 0 Å². The fraction of sp³-hybridized carbons (Fsp3) is 0.188. The van der Waals surface area contributed by atoms with Gasteiger partial charge in [0.1, 0.15) is 0 Å². The summed E-state index contributed by atoms with van der Waals surface area (Å²) >= 11 is 7.62. The number of hydrogen-bond donors (Lipinski definition) is 0. The van der Waals surface area contributed by atoms with Crippen molar-refractivity contribution in [1.82, 2.24) is 0 Å². The van der Waals surface area contributed by atoms with Crippen molar-refractivity contribution in [3.05, 3.63) is 63.7 Å². The van der Waals surface area contributed by atoms with E-state index in [-0.39, 0.29) is 0 Å². The number of benzene rings is 2. The van der Waals surface area contributed by atoms with Crippen molar-refractivity contribution in [3.63, 3.8) is 0 Å². The molecule has 0 bridgehead atoms. The Balaban J connectivity index is 2.18. The van der Waals surface area contributed by atoms with E-state index in [1.807, 2.05) is 6.07 Å². The first-order valence-electron chi connectivity index (χ1n) is 6.03.